The fourth-order valence-electron chi connectivity index (χ4n) is 3.92. The molecule has 0 N–H and O–H groups in total. The van der Waals surface area contributed by atoms with Gasteiger partial charge >= 0.3 is 0 Å². The maximum atomic E-state index is 12.8. The largest absolute Gasteiger partial charge is 0.492 e. The summed E-state index contributed by atoms with van der Waals surface area (Å²) in [5, 5.41) is 0. The van der Waals surface area contributed by atoms with Gasteiger partial charge in [-0.25, -0.2) is 0 Å². The third kappa shape index (κ3) is 3.75. The van der Waals surface area contributed by atoms with E-state index in [0.717, 1.165) is 30.7 Å². The highest BCUT2D eigenvalue weighted by Crippen LogP contribution is 2.38. The monoisotopic (exact) mass is 316 g/mol. The first-order valence-corrected chi connectivity index (χ1v) is 8.68. The quantitative estimate of drug-likeness (QED) is 0.756. The molecule has 2 heterocycles. The highest BCUT2D eigenvalue weighted by atomic mass is 16.5. The Bertz CT molecular complexity index is 527. The molecule has 1 aromatic carbocycles. The van der Waals surface area contributed by atoms with Gasteiger partial charge in [0.15, 0.2) is 5.78 Å². The predicted octanol–water partition coefficient (Wildman–Crippen LogP) is 2.68. The van der Waals surface area contributed by atoms with E-state index in [1.54, 1.807) is 0 Å². The maximum Gasteiger partial charge on any atom is 0.166 e. The lowest BCUT2D eigenvalue weighted by molar-refractivity contribution is 0.0767. The van der Waals surface area contributed by atoms with Gasteiger partial charge < -0.3 is 14.5 Å². The molecule has 2 fully saturated rings. The Morgan fingerprint density at radius 2 is 1.78 bits per heavy atom. The number of carbonyl (C=O) groups is 1. The van der Waals surface area contributed by atoms with Crippen molar-refractivity contribution in [3.8, 4) is 5.75 Å². The van der Waals surface area contributed by atoms with Crippen LogP contribution in [0.2, 0.25) is 0 Å². The standard InChI is InChI=1S/C19H28N2O2/c1-20(2)10-11-23-18-8-4-14(5-9-18)19(22)15-12-16-6-7-17(13-15)21(16)3/h4-5,8-9,15-17H,6-7,10-13H2,1-3H3. The summed E-state index contributed by atoms with van der Waals surface area (Å²) < 4.78 is 5.70. The molecule has 2 bridgehead atoms. The number of fused-ring (bicyclic) bond motifs is 2. The van der Waals surface area contributed by atoms with Crippen LogP contribution in [0.1, 0.15) is 36.0 Å². The number of piperidine rings is 1. The molecule has 4 nitrogen and oxygen atoms in total. The average Bonchev–Trinajstić information content (AvgIpc) is 2.76. The second-order valence-corrected chi connectivity index (χ2v) is 7.26. The minimum atomic E-state index is 0.198. The highest BCUT2D eigenvalue weighted by molar-refractivity contribution is 5.98. The van der Waals surface area contributed by atoms with Crippen LogP contribution in [0.25, 0.3) is 0 Å². The Morgan fingerprint density at radius 3 is 2.35 bits per heavy atom. The van der Waals surface area contributed by atoms with E-state index in [1.165, 1.54) is 12.8 Å². The molecule has 126 valence electrons. The van der Waals surface area contributed by atoms with Crippen LogP contribution < -0.4 is 4.74 Å². The number of Topliss-reactive ketones (excluding diaryl/α,β-unsaturated/α-hetero) is 1. The Labute approximate surface area is 139 Å². The number of ether oxygens (including phenoxy) is 1. The van der Waals surface area contributed by atoms with Crippen molar-refractivity contribution >= 4 is 5.78 Å². The fraction of sp³-hybridized carbons (Fsp3) is 0.632. The first-order valence-electron chi connectivity index (χ1n) is 8.68. The van der Waals surface area contributed by atoms with Crippen LogP contribution in [0.5, 0.6) is 5.75 Å². The van der Waals surface area contributed by atoms with Gasteiger partial charge in [0, 0.05) is 30.1 Å². The Kier molecular flexibility index (Phi) is 5.02. The molecule has 0 spiro atoms. The number of carbonyl (C=O) groups excluding carboxylic acids is 1. The van der Waals surface area contributed by atoms with Crippen LogP contribution in [0, 0.1) is 5.92 Å². The summed E-state index contributed by atoms with van der Waals surface area (Å²) >= 11 is 0. The van der Waals surface area contributed by atoms with Gasteiger partial charge in [0.25, 0.3) is 0 Å². The molecule has 4 heteroatoms. The maximum absolute atomic E-state index is 12.8. The smallest absolute Gasteiger partial charge is 0.166 e. The summed E-state index contributed by atoms with van der Waals surface area (Å²) in [4.78, 5) is 17.3. The molecule has 2 atom stereocenters. The molecule has 2 aliphatic rings. The minimum Gasteiger partial charge on any atom is -0.492 e. The van der Waals surface area contributed by atoms with Gasteiger partial charge in [0.05, 0.1) is 0 Å². The van der Waals surface area contributed by atoms with Crippen LogP contribution in [-0.4, -0.2) is 62.0 Å². The van der Waals surface area contributed by atoms with Crippen molar-refractivity contribution in [2.45, 2.75) is 37.8 Å². The number of rotatable bonds is 6. The molecule has 0 aliphatic carbocycles. The number of hydrogen-bond donors (Lipinski definition) is 0. The van der Waals surface area contributed by atoms with Crippen LogP contribution >= 0.6 is 0 Å². The predicted molar refractivity (Wildman–Crippen MR) is 92.1 cm³/mol. The molecule has 0 aromatic heterocycles. The highest BCUT2D eigenvalue weighted by Gasteiger charge is 2.40. The topological polar surface area (TPSA) is 32.8 Å². The molecule has 0 amide bonds. The molecule has 2 unspecified atom stereocenters. The average molecular weight is 316 g/mol. The minimum absolute atomic E-state index is 0.198. The van der Waals surface area contributed by atoms with E-state index in [-0.39, 0.29) is 5.92 Å². The van der Waals surface area contributed by atoms with Gasteiger partial charge in [-0.3, -0.25) is 4.79 Å². The van der Waals surface area contributed by atoms with Crippen LogP contribution in [-0.2, 0) is 0 Å². The van der Waals surface area contributed by atoms with Crippen molar-refractivity contribution in [1.29, 1.82) is 0 Å². The van der Waals surface area contributed by atoms with Gasteiger partial charge in [-0.2, -0.15) is 0 Å². The van der Waals surface area contributed by atoms with Crippen molar-refractivity contribution in [2.75, 3.05) is 34.3 Å². The lowest BCUT2D eigenvalue weighted by Crippen LogP contribution is -2.42. The lowest BCUT2D eigenvalue weighted by Gasteiger charge is -2.35. The number of benzene rings is 1. The Balaban J connectivity index is 1.58. The van der Waals surface area contributed by atoms with E-state index < -0.39 is 0 Å². The second-order valence-electron chi connectivity index (χ2n) is 7.26. The zero-order valence-electron chi connectivity index (χ0n) is 14.5. The van der Waals surface area contributed by atoms with E-state index in [9.17, 15) is 4.79 Å². The van der Waals surface area contributed by atoms with Crippen molar-refractivity contribution < 1.29 is 9.53 Å². The van der Waals surface area contributed by atoms with Crippen LogP contribution in [0.3, 0.4) is 0 Å². The molecule has 3 rings (SSSR count). The molecule has 23 heavy (non-hydrogen) atoms. The van der Waals surface area contributed by atoms with E-state index >= 15 is 0 Å². The summed E-state index contributed by atoms with van der Waals surface area (Å²) in [6, 6.07) is 8.91. The summed E-state index contributed by atoms with van der Waals surface area (Å²) in [5.74, 6) is 1.35. The number of nitrogens with zero attached hydrogens (tertiary/aromatic N) is 2. The van der Waals surface area contributed by atoms with E-state index in [1.807, 2.05) is 38.4 Å². The van der Waals surface area contributed by atoms with Crippen molar-refractivity contribution in [2.24, 2.45) is 5.92 Å². The lowest BCUT2D eigenvalue weighted by atomic mass is 9.85. The van der Waals surface area contributed by atoms with E-state index in [2.05, 4.69) is 16.8 Å². The molecule has 0 radical (unpaired) electrons. The summed E-state index contributed by atoms with van der Waals surface area (Å²) in [5.41, 5.74) is 0.832. The molecule has 1 aromatic rings. The summed E-state index contributed by atoms with van der Waals surface area (Å²) in [6.07, 6.45) is 4.55. The second kappa shape index (κ2) is 7.02. The van der Waals surface area contributed by atoms with Crippen molar-refractivity contribution in [3.63, 3.8) is 0 Å². The van der Waals surface area contributed by atoms with Gasteiger partial charge in [-0.15, -0.1) is 0 Å². The number of hydrogen-bond acceptors (Lipinski definition) is 4. The first kappa shape index (κ1) is 16.5. The zero-order chi connectivity index (χ0) is 16.4. The molecular weight excluding hydrogens is 288 g/mol. The van der Waals surface area contributed by atoms with Gasteiger partial charge in [-0.1, -0.05) is 0 Å². The normalized spacial score (nSPS) is 27.4. The van der Waals surface area contributed by atoms with Gasteiger partial charge in [0.2, 0.25) is 0 Å². The van der Waals surface area contributed by atoms with Crippen LogP contribution in [0.15, 0.2) is 24.3 Å². The zero-order valence-corrected chi connectivity index (χ0v) is 14.5. The van der Waals surface area contributed by atoms with E-state index in [0.29, 0.717) is 24.5 Å². The molecule has 0 saturated carbocycles. The Hall–Kier alpha value is -1.39. The number of likely N-dealkylation sites (N-methyl/N-ethyl adjacent to an activating group) is 1. The van der Waals surface area contributed by atoms with Crippen molar-refractivity contribution in [1.82, 2.24) is 9.80 Å². The SMILES string of the molecule is CN(C)CCOc1ccc(C(=O)C2CC3CCC(C2)N3C)cc1. The van der Waals surface area contributed by atoms with E-state index in [4.69, 9.17) is 4.74 Å². The summed E-state index contributed by atoms with van der Waals surface area (Å²) in [7, 11) is 6.27. The van der Waals surface area contributed by atoms with Gasteiger partial charge in [-0.05, 0) is 71.1 Å². The Morgan fingerprint density at radius 1 is 1.17 bits per heavy atom. The summed E-state index contributed by atoms with van der Waals surface area (Å²) in [6.45, 7) is 1.55. The van der Waals surface area contributed by atoms with Crippen molar-refractivity contribution in [3.05, 3.63) is 29.8 Å². The molecule has 2 aliphatic heterocycles. The fourth-order valence-corrected chi connectivity index (χ4v) is 3.92. The third-order valence-corrected chi connectivity index (χ3v) is 5.42. The van der Waals surface area contributed by atoms with Gasteiger partial charge in [0.1, 0.15) is 12.4 Å². The molecular formula is C19H28N2O2. The third-order valence-electron chi connectivity index (χ3n) is 5.42. The first-order chi connectivity index (χ1) is 11.0. The van der Waals surface area contributed by atoms with Crippen LogP contribution in [0.4, 0.5) is 0 Å². The molecule has 2 saturated heterocycles. The number of ketones is 1.